The number of aromatic carboxylic acids is 1. The topological polar surface area (TPSA) is 46.5 Å². The minimum atomic E-state index is -0.931. The maximum atomic E-state index is 11.2. The van der Waals surface area contributed by atoms with E-state index in [1.165, 1.54) is 11.3 Å². The van der Waals surface area contributed by atoms with E-state index in [9.17, 15) is 9.90 Å². The number of thiophene rings is 2. The second kappa shape index (κ2) is 6.07. The Hall–Kier alpha value is -0.850. The van der Waals surface area contributed by atoms with Crippen molar-refractivity contribution in [2.75, 3.05) is 0 Å². The normalized spacial score (nSPS) is 10.9. The van der Waals surface area contributed by atoms with Gasteiger partial charge >= 0.3 is 5.97 Å². The fourth-order valence-corrected chi connectivity index (χ4v) is 3.85. The minimum Gasteiger partial charge on any atom is -0.486 e. The first-order valence-electron chi connectivity index (χ1n) is 5.71. The van der Waals surface area contributed by atoms with Gasteiger partial charge in [0.15, 0.2) is 4.88 Å². The van der Waals surface area contributed by atoms with Crippen LogP contribution < -0.4 is 4.74 Å². The van der Waals surface area contributed by atoms with Gasteiger partial charge < -0.3 is 9.84 Å². The molecule has 2 rings (SSSR count). The van der Waals surface area contributed by atoms with Crippen LogP contribution in [0, 0.1) is 0 Å². The van der Waals surface area contributed by atoms with Gasteiger partial charge in [-0.05, 0) is 40.0 Å². The van der Waals surface area contributed by atoms with Crippen LogP contribution >= 0.6 is 38.6 Å². The first kappa shape index (κ1) is 14.6. The highest BCUT2D eigenvalue weighted by molar-refractivity contribution is 9.11. The van der Waals surface area contributed by atoms with E-state index in [1.807, 2.05) is 32.0 Å². The Morgan fingerprint density at radius 2 is 2.16 bits per heavy atom. The number of carboxylic acids is 1. The number of hydrogen-bond acceptors (Lipinski definition) is 4. The molecule has 0 aliphatic rings. The Kier molecular flexibility index (Phi) is 4.65. The van der Waals surface area contributed by atoms with Crippen LogP contribution in [0.5, 0.6) is 5.75 Å². The fourth-order valence-electron chi connectivity index (χ4n) is 1.51. The van der Waals surface area contributed by atoms with E-state index < -0.39 is 5.97 Å². The summed E-state index contributed by atoms with van der Waals surface area (Å²) >= 11 is 6.26. The zero-order valence-corrected chi connectivity index (χ0v) is 13.7. The first-order chi connectivity index (χ1) is 8.97. The number of hydrogen-bond donors (Lipinski definition) is 1. The standard InChI is InChI=1S/C13H13BrO3S2/c1-7(2)10-5-9(12(19-10)13(15)16)17-6-8-3-4-11(14)18-8/h3-5,7H,6H2,1-2H3,(H,15,16). The van der Waals surface area contributed by atoms with Crippen molar-refractivity contribution in [1.29, 1.82) is 0 Å². The molecule has 3 nitrogen and oxygen atoms in total. The van der Waals surface area contributed by atoms with Crippen LogP contribution in [0.25, 0.3) is 0 Å². The maximum absolute atomic E-state index is 11.2. The van der Waals surface area contributed by atoms with Crippen molar-refractivity contribution < 1.29 is 14.6 Å². The van der Waals surface area contributed by atoms with E-state index in [-0.39, 0.29) is 4.88 Å². The molecular weight excluding hydrogens is 348 g/mol. The lowest BCUT2D eigenvalue weighted by molar-refractivity contribution is 0.0697. The van der Waals surface area contributed by atoms with Crippen LogP contribution in [0.1, 0.15) is 39.2 Å². The molecule has 0 unspecified atom stereocenters. The molecule has 0 aliphatic heterocycles. The number of carbonyl (C=O) groups is 1. The molecule has 0 aromatic carbocycles. The van der Waals surface area contributed by atoms with Gasteiger partial charge in [0.2, 0.25) is 0 Å². The van der Waals surface area contributed by atoms with Crippen molar-refractivity contribution in [1.82, 2.24) is 0 Å². The van der Waals surface area contributed by atoms with Crippen molar-refractivity contribution in [2.45, 2.75) is 26.4 Å². The Morgan fingerprint density at radius 3 is 2.68 bits per heavy atom. The molecule has 1 N–H and O–H groups in total. The fraction of sp³-hybridized carbons (Fsp3) is 0.308. The van der Waals surface area contributed by atoms with Gasteiger partial charge in [0.05, 0.1) is 3.79 Å². The molecule has 0 atom stereocenters. The van der Waals surface area contributed by atoms with Gasteiger partial charge in [-0.2, -0.15) is 0 Å². The van der Waals surface area contributed by atoms with Gasteiger partial charge in [0.25, 0.3) is 0 Å². The largest absolute Gasteiger partial charge is 0.486 e. The van der Waals surface area contributed by atoms with E-state index in [4.69, 9.17) is 4.74 Å². The quantitative estimate of drug-likeness (QED) is 0.818. The summed E-state index contributed by atoms with van der Waals surface area (Å²) in [4.78, 5) is 13.6. The molecule has 0 bridgehead atoms. The molecule has 2 heterocycles. The summed E-state index contributed by atoms with van der Waals surface area (Å²) in [5, 5.41) is 9.19. The highest BCUT2D eigenvalue weighted by Crippen LogP contribution is 2.34. The summed E-state index contributed by atoms with van der Waals surface area (Å²) in [7, 11) is 0. The molecule has 2 aromatic rings. The van der Waals surface area contributed by atoms with Gasteiger partial charge in [0, 0.05) is 9.75 Å². The third kappa shape index (κ3) is 3.58. The predicted molar refractivity (Wildman–Crippen MR) is 81.7 cm³/mol. The van der Waals surface area contributed by atoms with E-state index >= 15 is 0 Å². The van der Waals surface area contributed by atoms with Crippen LogP contribution in [-0.2, 0) is 6.61 Å². The summed E-state index contributed by atoms with van der Waals surface area (Å²) in [6.07, 6.45) is 0. The molecule has 6 heteroatoms. The van der Waals surface area contributed by atoms with Crippen LogP contribution in [-0.4, -0.2) is 11.1 Å². The molecular formula is C13H13BrO3S2. The Morgan fingerprint density at radius 1 is 1.42 bits per heavy atom. The molecule has 102 valence electrons. The molecule has 0 saturated carbocycles. The Labute approximate surface area is 128 Å². The number of ether oxygens (including phenoxy) is 1. The highest BCUT2D eigenvalue weighted by Gasteiger charge is 2.18. The van der Waals surface area contributed by atoms with Crippen LogP contribution in [0.3, 0.4) is 0 Å². The average molecular weight is 361 g/mol. The molecule has 0 saturated heterocycles. The highest BCUT2D eigenvalue weighted by atomic mass is 79.9. The monoisotopic (exact) mass is 360 g/mol. The predicted octanol–water partition coefficient (Wildman–Crippen LogP) is 4.97. The van der Waals surface area contributed by atoms with Gasteiger partial charge in [-0.25, -0.2) is 4.79 Å². The van der Waals surface area contributed by atoms with E-state index in [1.54, 1.807) is 11.3 Å². The SMILES string of the molecule is CC(C)c1cc(OCc2ccc(Br)s2)c(C(=O)O)s1. The Bertz CT molecular complexity index is 586. The molecule has 0 amide bonds. The van der Waals surface area contributed by atoms with Crippen molar-refractivity contribution in [3.63, 3.8) is 0 Å². The number of carboxylic acid groups (broad SMARTS) is 1. The molecule has 19 heavy (non-hydrogen) atoms. The summed E-state index contributed by atoms with van der Waals surface area (Å²) in [6, 6.07) is 5.75. The van der Waals surface area contributed by atoms with Crippen molar-refractivity contribution in [2.24, 2.45) is 0 Å². The maximum Gasteiger partial charge on any atom is 0.349 e. The zero-order chi connectivity index (χ0) is 14.0. The van der Waals surface area contributed by atoms with Crippen LogP contribution in [0.4, 0.5) is 0 Å². The zero-order valence-electron chi connectivity index (χ0n) is 10.5. The third-order valence-electron chi connectivity index (χ3n) is 2.48. The minimum absolute atomic E-state index is 0.277. The van der Waals surface area contributed by atoms with Crippen molar-refractivity contribution >= 4 is 44.6 Å². The van der Waals surface area contributed by atoms with Gasteiger partial charge in [0.1, 0.15) is 12.4 Å². The smallest absolute Gasteiger partial charge is 0.349 e. The second-order valence-electron chi connectivity index (χ2n) is 4.30. The van der Waals surface area contributed by atoms with Crippen molar-refractivity contribution in [3.05, 3.63) is 36.6 Å². The molecule has 0 aliphatic carbocycles. The number of halogens is 1. The summed E-state index contributed by atoms with van der Waals surface area (Å²) in [6.45, 7) is 4.47. The first-order valence-corrected chi connectivity index (χ1v) is 8.14. The Balaban J connectivity index is 2.16. The molecule has 0 spiro atoms. The third-order valence-corrected chi connectivity index (χ3v) is 5.48. The van der Waals surface area contributed by atoms with Gasteiger partial charge in [-0.15, -0.1) is 22.7 Å². The van der Waals surface area contributed by atoms with Gasteiger partial charge in [-0.1, -0.05) is 13.8 Å². The second-order valence-corrected chi connectivity index (χ2v) is 7.93. The molecule has 0 radical (unpaired) electrons. The summed E-state index contributed by atoms with van der Waals surface area (Å²) in [5.74, 6) is -0.165. The van der Waals surface area contributed by atoms with Crippen LogP contribution in [0.2, 0.25) is 0 Å². The lowest BCUT2D eigenvalue weighted by Gasteiger charge is -2.03. The van der Waals surface area contributed by atoms with Crippen molar-refractivity contribution in [3.8, 4) is 5.75 Å². The van der Waals surface area contributed by atoms with E-state index in [0.29, 0.717) is 18.3 Å². The van der Waals surface area contributed by atoms with E-state index in [2.05, 4.69) is 15.9 Å². The van der Waals surface area contributed by atoms with E-state index in [0.717, 1.165) is 13.5 Å². The lowest BCUT2D eigenvalue weighted by atomic mass is 10.2. The average Bonchev–Trinajstić information content (AvgIpc) is 2.92. The summed E-state index contributed by atoms with van der Waals surface area (Å²) < 4.78 is 6.69. The molecule has 2 aromatic heterocycles. The molecule has 0 fully saturated rings. The number of rotatable bonds is 5. The van der Waals surface area contributed by atoms with Crippen LogP contribution in [0.15, 0.2) is 22.0 Å². The summed E-state index contributed by atoms with van der Waals surface area (Å²) in [5.41, 5.74) is 0. The van der Waals surface area contributed by atoms with Gasteiger partial charge in [-0.3, -0.25) is 0 Å². The lowest BCUT2D eigenvalue weighted by Crippen LogP contribution is -1.98.